The molecule has 0 saturated heterocycles. The summed E-state index contributed by atoms with van der Waals surface area (Å²) < 4.78 is 0. The van der Waals surface area contributed by atoms with Gasteiger partial charge in [-0.25, -0.2) is 9.97 Å². The molecule has 2 heteroatoms. The van der Waals surface area contributed by atoms with Gasteiger partial charge < -0.3 is 0 Å². The van der Waals surface area contributed by atoms with Crippen molar-refractivity contribution in [1.29, 1.82) is 0 Å². The summed E-state index contributed by atoms with van der Waals surface area (Å²) in [4.78, 5) is 10.1. The molecule has 0 bridgehead atoms. The van der Waals surface area contributed by atoms with Crippen LogP contribution in [0.2, 0.25) is 0 Å². The molecule has 0 radical (unpaired) electrons. The van der Waals surface area contributed by atoms with Crippen molar-refractivity contribution in [3.05, 3.63) is 185 Å². The van der Waals surface area contributed by atoms with Gasteiger partial charge >= 0.3 is 0 Å². The Balaban J connectivity index is 0.000000520. The SMILES string of the molecule is C=Cc1c(/C=C2/C=CC(c3nc(-c4ccccc4)c4ccccc4n3)=CC2)c2cccc(C(C)CC)c2c2c(C)cccc12.Cc1ccccc1. The summed E-state index contributed by atoms with van der Waals surface area (Å²) in [5.74, 6) is 1.23. The van der Waals surface area contributed by atoms with E-state index >= 15 is 0 Å². The van der Waals surface area contributed by atoms with Crippen LogP contribution in [-0.2, 0) is 0 Å². The summed E-state index contributed by atoms with van der Waals surface area (Å²) in [5.41, 5.74) is 11.8. The fraction of sp³-hybridized carbons (Fsp3) is 0.143. The largest absolute Gasteiger partial charge is 0.228 e. The smallest absolute Gasteiger partial charge is 0.160 e. The molecule has 6 aromatic carbocycles. The van der Waals surface area contributed by atoms with E-state index in [0.717, 1.165) is 46.4 Å². The maximum Gasteiger partial charge on any atom is 0.160 e. The Morgan fingerprint density at radius 1 is 0.686 bits per heavy atom. The average Bonchev–Trinajstić information content (AvgIpc) is 3.18. The third-order valence-electron chi connectivity index (χ3n) is 10.1. The van der Waals surface area contributed by atoms with E-state index < -0.39 is 0 Å². The molecule has 0 fully saturated rings. The molecule has 51 heavy (non-hydrogen) atoms. The van der Waals surface area contributed by atoms with Crippen LogP contribution < -0.4 is 0 Å². The number of hydrogen-bond acceptors (Lipinski definition) is 2. The van der Waals surface area contributed by atoms with E-state index in [9.17, 15) is 0 Å². The average molecular weight is 661 g/mol. The van der Waals surface area contributed by atoms with E-state index in [1.165, 1.54) is 54.9 Å². The highest BCUT2D eigenvalue weighted by Gasteiger charge is 2.19. The van der Waals surface area contributed by atoms with Crippen molar-refractivity contribution in [2.24, 2.45) is 0 Å². The highest BCUT2D eigenvalue weighted by Crippen LogP contribution is 2.41. The highest BCUT2D eigenvalue weighted by molar-refractivity contribution is 6.17. The summed E-state index contributed by atoms with van der Waals surface area (Å²) in [6, 6.07) is 42.4. The van der Waals surface area contributed by atoms with Gasteiger partial charge in [-0.1, -0.05) is 172 Å². The summed E-state index contributed by atoms with van der Waals surface area (Å²) in [7, 11) is 0. The normalized spacial score (nSPS) is 14.0. The minimum Gasteiger partial charge on any atom is -0.228 e. The number of aromatic nitrogens is 2. The van der Waals surface area contributed by atoms with E-state index in [-0.39, 0.29) is 0 Å². The predicted molar refractivity (Wildman–Crippen MR) is 221 cm³/mol. The van der Waals surface area contributed by atoms with Crippen LogP contribution in [0.25, 0.3) is 61.4 Å². The topological polar surface area (TPSA) is 25.8 Å². The Morgan fingerprint density at radius 3 is 2.02 bits per heavy atom. The molecular formula is C49H44N2. The van der Waals surface area contributed by atoms with Gasteiger partial charge in [-0.2, -0.15) is 0 Å². The lowest BCUT2D eigenvalue weighted by Gasteiger charge is -2.20. The van der Waals surface area contributed by atoms with Crippen LogP contribution in [0.4, 0.5) is 0 Å². The lowest BCUT2D eigenvalue weighted by atomic mass is 9.83. The molecule has 8 rings (SSSR count). The van der Waals surface area contributed by atoms with Crippen molar-refractivity contribution in [1.82, 2.24) is 9.97 Å². The second-order valence-corrected chi connectivity index (χ2v) is 13.5. The first-order valence-corrected chi connectivity index (χ1v) is 18.0. The quantitative estimate of drug-likeness (QED) is 0.166. The fourth-order valence-electron chi connectivity index (χ4n) is 7.17. The van der Waals surface area contributed by atoms with Crippen LogP contribution in [0.3, 0.4) is 0 Å². The summed E-state index contributed by atoms with van der Waals surface area (Å²) >= 11 is 0. The van der Waals surface area contributed by atoms with Crippen LogP contribution in [0.5, 0.6) is 0 Å². The first-order chi connectivity index (χ1) is 25.0. The fourth-order valence-corrected chi connectivity index (χ4v) is 7.17. The Morgan fingerprint density at radius 2 is 1.35 bits per heavy atom. The predicted octanol–water partition coefficient (Wildman–Crippen LogP) is 13.5. The Kier molecular flexibility index (Phi) is 9.85. The molecule has 1 aliphatic rings. The lowest BCUT2D eigenvalue weighted by molar-refractivity contribution is 0.740. The molecule has 1 unspecified atom stereocenters. The zero-order chi connectivity index (χ0) is 35.3. The van der Waals surface area contributed by atoms with E-state index in [1.54, 1.807) is 0 Å². The number of allylic oxidation sites excluding steroid dienone is 5. The molecule has 1 atom stereocenters. The van der Waals surface area contributed by atoms with E-state index in [2.05, 4.69) is 150 Å². The third-order valence-corrected chi connectivity index (χ3v) is 10.1. The van der Waals surface area contributed by atoms with Gasteiger partial charge in [0.1, 0.15) is 0 Å². The molecule has 2 nitrogen and oxygen atoms in total. The minimum absolute atomic E-state index is 0.472. The van der Waals surface area contributed by atoms with Gasteiger partial charge in [0.05, 0.1) is 11.2 Å². The number of aryl methyl sites for hydroxylation is 2. The molecular weight excluding hydrogens is 617 g/mol. The maximum absolute atomic E-state index is 5.09. The van der Waals surface area contributed by atoms with Crippen molar-refractivity contribution in [3.8, 4) is 11.3 Å². The molecule has 250 valence electrons. The van der Waals surface area contributed by atoms with Gasteiger partial charge in [-0.05, 0) is 88.0 Å². The third kappa shape index (κ3) is 6.83. The molecule has 1 heterocycles. The van der Waals surface area contributed by atoms with Gasteiger partial charge in [0.25, 0.3) is 0 Å². The van der Waals surface area contributed by atoms with Gasteiger partial charge in [0.15, 0.2) is 5.82 Å². The zero-order valence-electron chi connectivity index (χ0n) is 30.0. The van der Waals surface area contributed by atoms with Crippen molar-refractivity contribution >= 4 is 50.2 Å². The number of hydrogen-bond donors (Lipinski definition) is 0. The summed E-state index contributed by atoms with van der Waals surface area (Å²) in [6.07, 6.45) is 13.0. The second kappa shape index (κ2) is 14.9. The molecule has 0 saturated carbocycles. The number of rotatable bonds is 6. The van der Waals surface area contributed by atoms with E-state index in [1.807, 2.05) is 36.4 Å². The summed E-state index contributed by atoms with van der Waals surface area (Å²) in [5, 5.41) is 6.35. The van der Waals surface area contributed by atoms with Crippen LogP contribution in [-0.4, -0.2) is 9.97 Å². The lowest BCUT2D eigenvalue weighted by Crippen LogP contribution is -2.00. The number of para-hydroxylation sites is 1. The second-order valence-electron chi connectivity index (χ2n) is 13.5. The van der Waals surface area contributed by atoms with Crippen molar-refractivity contribution in [2.75, 3.05) is 0 Å². The van der Waals surface area contributed by atoms with Gasteiger partial charge in [0, 0.05) is 16.5 Å². The van der Waals surface area contributed by atoms with E-state index in [0.29, 0.717) is 5.92 Å². The van der Waals surface area contributed by atoms with Crippen LogP contribution in [0.1, 0.15) is 66.2 Å². The Hall–Kier alpha value is -5.86. The standard InChI is InChI=1S/C42H36N2.C7H8/c1-5-27(3)33-18-13-20-35-37(32(6-2)34-19-12-14-28(4)39(34)40(33)35)26-29-22-24-31(25-23-29)42-43-38-21-11-10-17-36(38)41(44-42)30-15-8-7-9-16-30;1-7-5-3-2-4-6-7/h6-22,24-27H,2,5,23H2,1,3-4H3;2-6H,1H3/b29-26-;. The zero-order valence-corrected chi connectivity index (χ0v) is 30.0. The van der Waals surface area contributed by atoms with Gasteiger partial charge in [-0.3, -0.25) is 0 Å². The van der Waals surface area contributed by atoms with Crippen molar-refractivity contribution < 1.29 is 0 Å². The Bertz CT molecular complexity index is 2470. The monoisotopic (exact) mass is 660 g/mol. The first-order valence-electron chi connectivity index (χ1n) is 18.0. The first kappa shape index (κ1) is 33.6. The minimum atomic E-state index is 0.472. The molecule has 0 spiro atoms. The Labute approximate surface area is 302 Å². The van der Waals surface area contributed by atoms with Gasteiger partial charge in [-0.15, -0.1) is 0 Å². The van der Waals surface area contributed by atoms with Crippen molar-refractivity contribution in [2.45, 2.75) is 46.5 Å². The van der Waals surface area contributed by atoms with Crippen LogP contribution >= 0.6 is 0 Å². The maximum atomic E-state index is 5.09. The molecule has 0 aliphatic heterocycles. The highest BCUT2D eigenvalue weighted by atomic mass is 14.9. The molecule has 1 aromatic heterocycles. The molecule has 7 aromatic rings. The number of fused-ring (bicyclic) bond motifs is 4. The molecule has 1 aliphatic carbocycles. The van der Waals surface area contributed by atoms with Gasteiger partial charge in [0.2, 0.25) is 0 Å². The number of nitrogens with zero attached hydrogens (tertiary/aromatic N) is 2. The molecule has 0 N–H and O–H groups in total. The number of benzene rings is 6. The van der Waals surface area contributed by atoms with Crippen LogP contribution in [0.15, 0.2) is 152 Å². The van der Waals surface area contributed by atoms with Crippen LogP contribution in [0, 0.1) is 13.8 Å². The summed E-state index contributed by atoms with van der Waals surface area (Å²) in [6.45, 7) is 13.2. The van der Waals surface area contributed by atoms with Crippen molar-refractivity contribution in [3.63, 3.8) is 0 Å². The molecule has 0 amide bonds. The van der Waals surface area contributed by atoms with E-state index in [4.69, 9.17) is 9.97 Å².